The smallest absolute Gasteiger partial charge is 0.433 e. The van der Waals surface area contributed by atoms with E-state index in [9.17, 15) is 18.0 Å². The third-order valence-electron chi connectivity index (χ3n) is 4.60. The molecule has 0 saturated heterocycles. The fourth-order valence-corrected chi connectivity index (χ4v) is 2.91. The maximum Gasteiger partial charge on any atom is 0.433 e. The number of alkyl halides is 3. The number of urea groups is 1. The van der Waals surface area contributed by atoms with Crippen LogP contribution in [0, 0.1) is 13.8 Å². The number of hydrogen-bond donors (Lipinski definition) is 2. The first-order chi connectivity index (χ1) is 15.1. The molecular formula is C20H22F3N7O2. The molecule has 0 atom stereocenters. The number of ether oxygens (including phenoxy) is 1. The highest BCUT2D eigenvalue weighted by Gasteiger charge is 2.33. The standard InChI is InChI=1S/C20H22F3N7O2/c1-5-32-17-8-13(7-16(27-17)20(21,22)23)26-19(31)24-9-14-6-11(2)18(29-28-14)15-10-25-30(4)12(15)3/h6-8,10H,5,9H2,1-4H3,(H2,24,26,27,31). The van der Waals surface area contributed by atoms with Crippen molar-refractivity contribution in [2.24, 2.45) is 7.05 Å². The van der Waals surface area contributed by atoms with Crippen LogP contribution in [0.3, 0.4) is 0 Å². The maximum absolute atomic E-state index is 13.0. The van der Waals surface area contributed by atoms with Crippen LogP contribution in [0.25, 0.3) is 11.3 Å². The van der Waals surface area contributed by atoms with Gasteiger partial charge >= 0.3 is 12.2 Å². The highest BCUT2D eigenvalue weighted by atomic mass is 19.4. The molecule has 0 unspecified atom stereocenters. The van der Waals surface area contributed by atoms with Gasteiger partial charge in [0.2, 0.25) is 5.88 Å². The van der Waals surface area contributed by atoms with Crippen LogP contribution in [0.1, 0.15) is 29.6 Å². The minimum Gasteiger partial charge on any atom is -0.478 e. The Balaban J connectivity index is 1.68. The zero-order valence-corrected chi connectivity index (χ0v) is 17.9. The minimum atomic E-state index is -4.68. The Morgan fingerprint density at radius 1 is 1.19 bits per heavy atom. The van der Waals surface area contributed by atoms with Crippen LogP contribution in [0.2, 0.25) is 0 Å². The van der Waals surface area contributed by atoms with Gasteiger partial charge in [-0.1, -0.05) is 0 Å². The van der Waals surface area contributed by atoms with Crippen LogP contribution in [-0.4, -0.2) is 37.6 Å². The molecular weight excluding hydrogens is 427 g/mol. The normalized spacial score (nSPS) is 11.3. The first-order valence-corrected chi connectivity index (χ1v) is 9.67. The molecule has 0 aliphatic heterocycles. The van der Waals surface area contributed by atoms with E-state index in [0.29, 0.717) is 11.4 Å². The lowest BCUT2D eigenvalue weighted by molar-refractivity contribution is -0.141. The van der Waals surface area contributed by atoms with E-state index in [1.807, 2.05) is 20.9 Å². The largest absolute Gasteiger partial charge is 0.478 e. The van der Waals surface area contributed by atoms with Crippen molar-refractivity contribution >= 4 is 11.7 Å². The van der Waals surface area contributed by atoms with Gasteiger partial charge in [-0.05, 0) is 38.5 Å². The number of rotatable bonds is 6. The van der Waals surface area contributed by atoms with Crippen molar-refractivity contribution < 1.29 is 22.7 Å². The summed E-state index contributed by atoms with van der Waals surface area (Å²) in [5.41, 5.74) is 2.55. The van der Waals surface area contributed by atoms with Gasteiger partial charge in [-0.15, -0.1) is 5.10 Å². The van der Waals surface area contributed by atoms with Crippen molar-refractivity contribution in [3.63, 3.8) is 0 Å². The monoisotopic (exact) mass is 449 g/mol. The van der Waals surface area contributed by atoms with Gasteiger partial charge in [0.05, 0.1) is 30.7 Å². The van der Waals surface area contributed by atoms with Gasteiger partial charge < -0.3 is 15.4 Å². The second-order valence-electron chi connectivity index (χ2n) is 6.95. The van der Waals surface area contributed by atoms with E-state index < -0.39 is 17.9 Å². The van der Waals surface area contributed by atoms with Crippen molar-refractivity contribution in [1.82, 2.24) is 30.3 Å². The van der Waals surface area contributed by atoms with Crippen LogP contribution >= 0.6 is 0 Å². The van der Waals surface area contributed by atoms with Crippen molar-refractivity contribution in [3.8, 4) is 17.1 Å². The number of carbonyl (C=O) groups excluding carboxylic acids is 1. The molecule has 170 valence electrons. The van der Waals surface area contributed by atoms with Crippen molar-refractivity contribution in [2.45, 2.75) is 33.5 Å². The highest BCUT2D eigenvalue weighted by molar-refractivity contribution is 5.89. The fourth-order valence-electron chi connectivity index (χ4n) is 2.91. The molecule has 3 rings (SSSR count). The van der Waals surface area contributed by atoms with E-state index in [2.05, 4.69) is 30.9 Å². The molecule has 9 nitrogen and oxygen atoms in total. The zero-order valence-electron chi connectivity index (χ0n) is 17.9. The summed E-state index contributed by atoms with van der Waals surface area (Å²) in [6, 6.07) is 3.01. The predicted molar refractivity (Wildman–Crippen MR) is 110 cm³/mol. The molecule has 32 heavy (non-hydrogen) atoms. The number of pyridine rings is 1. The Bertz CT molecular complexity index is 1130. The molecule has 0 aliphatic rings. The lowest BCUT2D eigenvalue weighted by atomic mass is 10.1. The number of nitrogens with zero attached hydrogens (tertiary/aromatic N) is 5. The molecule has 12 heteroatoms. The van der Waals surface area contributed by atoms with Gasteiger partial charge in [0.15, 0.2) is 5.69 Å². The van der Waals surface area contributed by atoms with Crippen LogP contribution in [0.15, 0.2) is 24.4 Å². The summed E-state index contributed by atoms with van der Waals surface area (Å²) >= 11 is 0. The molecule has 0 radical (unpaired) electrons. The van der Waals surface area contributed by atoms with Gasteiger partial charge in [0.25, 0.3) is 0 Å². The van der Waals surface area contributed by atoms with Crippen LogP contribution < -0.4 is 15.4 Å². The van der Waals surface area contributed by atoms with E-state index in [-0.39, 0.29) is 24.7 Å². The predicted octanol–water partition coefficient (Wildman–Crippen LogP) is 3.63. The number of amides is 2. The molecule has 3 aromatic rings. The summed E-state index contributed by atoms with van der Waals surface area (Å²) < 4.78 is 45.9. The van der Waals surface area contributed by atoms with Gasteiger partial charge in [-0.2, -0.15) is 23.4 Å². The average Bonchev–Trinajstić information content (AvgIpc) is 3.04. The topological polar surface area (TPSA) is 107 Å². The Morgan fingerprint density at radius 3 is 2.53 bits per heavy atom. The lowest BCUT2D eigenvalue weighted by Crippen LogP contribution is -2.29. The van der Waals surface area contributed by atoms with E-state index in [0.717, 1.165) is 22.9 Å². The van der Waals surface area contributed by atoms with Gasteiger partial charge in [0, 0.05) is 30.1 Å². The van der Waals surface area contributed by atoms with Gasteiger partial charge in [-0.25, -0.2) is 9.78 Å². The minimum absolute atomic E-state index is 0.0293. The number of hydrogen-bond acceptors (Lipinski definition) is 6. The molecule has 0 bridgehead atoms. The van der Waals surface area contributed by atoms with E-state index in [1.54, 1.807) is 23.9 Å². The number of aryl methyl sites for hydroxylation is 2. The Kier molecular flexibility index (Phi) is 6.61. The highest BCUT2D eigenvalue weighted by Crippen LogP contribution is 2.31. The summed E-state index contributed by atoms with van der Waals surface area (Å²) in [6.45, 7) is 5.56. The quantitative estimate of drug-likeness (QED) is 0.595. The van der Waals surface area contributed by atoms with Crippen LogP contribution in [-0.2, 0) is 19.8 Å². The summed E-state index contributed by atoms with van der Waals surface area (Å²) in [7, 11) is 1.83. The third kappa shape index (κ3) is 5.31. The van der Waals surface area contributed by atoms with Gasteiger partial charge in [0.1, 0.15) is 0 Å². The molecule has 0 aliphatic carbocycles. The molecule has 0 saturated carbocycles. The summed E-state index contributed by atoms with van der Waals surface area (Å²) in [5, 5.41) is 17.5. The summed E-state index contributed by atoms with van der Waals surface area (Å²) in [4.78, 5) is 15.6. The second kappa shape index (κ2) is 9.20. The average molecular weight is 449 g/mol. The zero-order chi connectivity index (χ0) is 23.5. The Hall–Kier alpha value is -3.70. The first kappa shape index (κ1) is 23.0. The van der Waals surface area contributed by atoms with Crippen LogP contribution in [0.4, 0.5) is 23.7 Å². The molecule has 3 heterocycles. The number of nitrogens with one attached hydrogen (secondary N) is 2. The Morgan fingerprint density at radius 2 is 1.94 bits per heavy atom. The number of aromatic nitrogens is 5. The van der Waals surface area contributed by atoms with Crippen molar-refractivity contribution in [1.29, 1.82) is 0 Å². The van der Waals surface area contributed by atoms with Crippen LogP contribution in [0.5, 0.6) is 5.88 Å². The molecule has 2 amide bonds. The summed E-state index contributed by atoms with van der Waals surface area (Å²) in [6.07, 6.45) is -2.97. The third-order valence-corrected chi connectivity index (χ3v) is 4.60. The fraction of sp³-hybridized carbons (Fsp3) is 0.350. The van der Waals surface area contributed by atoms with Crippen molar-refractivity contribution in [3.05, 3.63) is 47.0 Å². The maximum atomic E-state index is 13.0. The van der Waals surface area contributed by atoms with E-state index in [1.165, 1.54) is 6.07 Å². The molecule has 0 fully saturated rings. The lowest BCUT2D eigenvalue weighted by Gasteiger charge is -2.13. The number of halogens is 3. The van der Waals surface area contributed by atoms with E-state index in [4.69, 9.17) is 4.74 Å². The Labute approximate surface area is 182 Å². The number of anilines is 1. The molecule has 0 aromatic carbocycles. The first-order valence-electron chi connectivity index (χ1n) is 9.67. The van der Waals surface area contributed by atoms with E-state index >= 15 is 0 Å². The summed E-state index contributed by atoms with van der Waals surface area (Å²) in [5.74, 6) is -0.236. The number of carbonyl (C=O) groups is 1. The second-order valence-corrected chi connectivity index (χ2v) is 6.95. The SMILES string of the molecule is CCOc1cc(NC(=O)NCc2cc(C)c(-c3cnn(C)c3C)nn2)cc(C(F)(F)F)n1. The van der Waals surface area contributed by atoms with Gasteiger partial charge in [-0.3, -0.25) is 4.68 Å². The van der Waals surface area contributed by atoms with Crippen molar-refractivity contribution in [2.75, 3.05) is 11.9 Å². The molecule has 3 aromatic heterocycles. The molecule has 2 N–H and O–H groups in total. The molecule has 0 spiro atoms.